The highest BCUT2D eigenvalue weighted by Gasteiger charge is 2.18. The van der Waals surface area contributed by atoms with Crippen molar-refractivity contribution in [3.8, 4) is 0 Å². The normalized spacial score (nSPS) is 12.8. The Balaban J connectivity index is 3.45. The summed E-state index contributed by atoms with van der Waals surface area (Å²) in [6.07, 6.45) is 57.5. The van der Waals surface area contributed by atoms with Crippen LogP contribution < -0.4 is 5.32 Å². The van der Waals surface area contributed by atoms with E-state index in [1.165, 1.54) is 193 Å². The number of carbonyl (C=O) groups excluding carboxylic acids is 2. The number of allylic oxidation sites excluding steroid dienone is 3. The van der Waals surface area contributed by atoms with Gasteiger partial charge in [-0.05, 0) is 57.8 Å². The van der Waals surface area contributed by atoms with Crippen LogP contribution in [0.4, 0.5) is 0 Å². The molecule has 0 heterocycles. The van der Waals surface area contributed by atoms with Crippen molar-refractivity contribution in [3.63, 3.8) is 0 Å². The number of hydrogen-bond donors (Lipinski definition) is 3. The summed E-state index contributed by atoms with van der Waals surface area (Å²) in [4.78, 5) is 24.5. The number of ether oxygens (including phenoxy) is 1. The van der Waals surface area contributed by atoms with E-state index in [4.69, 9.17) is 4.74 Å². The second-order valence-corrected chi connectivity index (χ2v) is 17.9. The number of carbonyl (C=O) groups is 2. The second-order valence-electron chi connectivity index (χ2n) is 17.9. The first-order chi connectivity index (χ1) is 29.0. The zero-order valence-corrected chi connectivity index (χ0v) is 39.5. The molecule has 0 radical (unpaired) electrons. The van der Waals surface area contributed by atoms with Crippen molar-refractivity contribution in [2.45, 2.75) is 289 Å². The van der Waals surface area contributed by atoms with Crippen LogP contribution in [0.3, 0.4) is 0 Å². The third-order valence-corrected chi connectivity index (χ3v) is 12.0. The highest BCUT2D eigenvalue weighted by atomic mass is 16.5. The number of esters is 1. The van der Waals surface area contributed by atoms with E-state index in [1.54, 1.807) is 6.08 Å². The summed E-state index contributed by atoms with van der Waals surface area (Å²) in [6, 6.07) is -0.638. The standard InChI is InChI=1S/C53H101NO5/c1-3-5-7-9-11-13-15-16-17-18-19-20-21-22-27-31-35-39-43-47-53(58)59-48-44-40-36-32-28-24-23-26-30-34-38-42-46-52(57)54-50(49-55)51(56)45-41-37-33-29-25-14-12-10-8-6-4-2/h16-17,41,45,50-51,55-56H,3-15,18-40,42-44,46-49H2,1-2H3,(H,54,57)/b17-16-,45-41+. The molecule has 6 heteroatoms. The number of hydrogen-bond acceptors (Lipinski definition) is 5. The SMILES string of the molecule is CCCCCCCC/C=C\CCCCCCCCCCCC(=O)OCCCCCCCCCCCCCCC(=O)NC(CO)C(O)/C=C/CCCCCCCCCCC. The number of unbranched alkanes of at least 4 members (excludes halogenated alkanes) is 35. The van der Waals surface area contributed by atoms with E-state index in [0.717, 1.165) is 57.8 Å². The zero-order chi connectivity index (χ0) is 43.0. The Kier molecular flexibility index (Phi) is 47.6. The van der Waals surface area contributed by atoms with Crippen LogP contribution in [0.2, 0.25) is 0 Å². The fourth-order valence-corrected chi connectivity index (χ4v) is 7.92. The Morgan fingerprint density at radius 2 is 0.797 bits per heavy atom. The highest BCUT2D eigenvalue weighted by Crippen LogP contribution is 2.16. The van der Waals surface area contributed by atoms with E-state index < -0.39 is 12.1 Å². The van der Waals surface area contributed by atoms with Crippen LogP contribution >= 0.6 is 0 Å². The van der Waals surface area contributed by atoms with Gasteiger partial charge < -0.3 is 20.3 Å². The van der Waals surface area contributed by atoms with Crippen molar-refractivity contribution in [1.82, 2.24) is 5.32 Å². The van der Waals surface area contributed by atoms with Gasteiger partial charge in [-0.2, -0.15) is 0 Å². The fourth-order valence-electron chi connectivity index (χ4n) is 7.92. The molecule has 2 unspecified atom stereocenters. The van der Waals surface area contributed by atoms with Crippen molar-refractivity contribution in [1.29, 1.82) is 0 Å². The van der Waals surface area contributed by atoms with Crippen molar-refractivity contribution in [2.24, 2.45) is 0 Å². The number of amides is 1. The van der Waals surface area contributed by atoms with Crippen molar-refractivity contribution in [2.75, 3.05) is 13.2 Å². The lowest BCUT2D eigenvalue weighted by Gasteiger charge is -2.20. The lowest BCUT2D eigenvalue weighted by atomic mass is 10.0. The topological polar surface area (TPSA) is 95.9 Å². The van der Waals surface area contributed by atoms with Crippen LogP contribution in [0.5, 0.6) is 0 Å². The molecule has 3 N–H and O–H groups in total. The summed E-state index contributed by atoms with van der Waals surface area (Å²) in [6.45, 7) is 4.85. The first-order valence-electron chi connectivity index (χ1n) is 26.1. The van der Waals surface area contributed by atoms with Gasteiger partial charge in [-0.15, -0.1) is 0 Å². The van der Waals surface area contributed by atoms with Crippen molar-refractivity contribution < 1.29 is 24.5 Å². The van der Waals surface area contributed by atoms with Gasteiger partial charge in [-0.25, -0.2) is 0 Å². The van der Waals surface area contributed by atoms with Gasteiger partial charge in [0.1, 0.15) is 0 Å². The molecule has 0 saturated heterocycles. The molecule has 0 aromatic heterocycles. The molecule has 0 bridgehead atoms. The van der Waals surface area contributed by atoms with Gasteiger partial charge in [0.15, 0.2) is 0 Å². The number of nitrogens with one attached hydrogen (secondary N) is 1. The molecule has 0 aromatic carbocycles. The molecule has 1 amide bonds. The molecular formula is C53H101NO5. The molecule has 0 aliphatic carbocycles. The second kappa shape index (κ2) is 49.0. The Hall–Kier alpha value is -1.66. The van der Waals surface area contributed by atoms with E-state index in [2.05, 4.69) is 31.3 Å². The van der Waals surface area contributed by atoms with E-state index in [1.807, 2.05) is 6.08 Å². The van der Waals surface area contributed by atoms with Gasteiger partial charge in [0.05, 0.1) is 25.4 Å². The quantitative estimate of drug-likeness (QED) is 0.0322. The van der Waals surface area contributed by atoms with Crippen LogP contribution in [-0.2, 0) is 14.3 Å². The molecule has 0 rings (SSSR count). The summed E-state index contributed by atoms with van der Waals surface area (Å²) in [5.74, 6) is -0.0965. The molecule has 0 saturated carbocycles. The van der Waals surface area contributed by atoms with Gasteiger partial charge in [-0.3, -0.25) is 9.59 Å². The molecule has 0 aliphatic heterocycles. The smallest absolute Gasteiger partial charge is 0.305 e. The molecule has 0 spiro atoms. The molecule has 0 fully saturated rings. The van der Waals surface area contributed by atoms with E-state index in [-0.39, 0.29) is 18.5 Å². The fraction of sp³-hybridized carbons (Fsp3) is 0.887. The summed E-state index contributed by atoms with van der Waals surface area (Å²) in [5, 5.41) is 23.0. The molecule has 348 valence electrons. The predicted molar refractivity (Wildman–Crippen MR) is 255 cm³/mol. The Morgan fingerprint density at radius 1 is 0.458 bits per heavy atom. The van der Waals surface area contributed by atoms with E-state index in [9.17, 15) is 19.8 Å². The van der Waals surface area contributed by atoms with Gasteiger partial charge in [0.2, 0.25) is 5.91 Å². The first kappa shape index (κ1) is 57.3. The van der Waals surface area contributed by atoms with Gasteiger partial charge in [-0.1, -0.05) is 231 Å². The first-order valence-corrected chi connectivity index (χ1v) is 26.1. The zero-order valence-electron chi connectivity index (χ0n) is 39.5. The summed E-state index contributed by atoms with van der Waals surface area (Å²) >= 11 is 0. The largest absolute Gasteiger partial charge is 0.466 e. The molecule has 0 aliphatic rings. The van der Waals surface area contributed by atoms with E-state index >= 15 is 0 Å². The van der Waals surface area contributed by atoms with Crippen LogP contribution in [0.15, 0.2) is 24.3 Å². The number of aliphatic hydroxyl groups is 2. The third kappa shape index (κ3) is 45.7. The summed E-state index contributed by atoms with van der Waals surface area (Å²) in [7, 11) is 0. The molecule has 59 heavy (non-hydrogen) atoms. The lowest BCUT2D eigenvalue weighted by Crippen LogP contribution is -2.45. The minimum absolute atomic E-state index is 0.0117. The third-order valence-electron chi connectivity index (χ3n) is 12.0. The minimum Gasteiger partial charge on any atom is -0.466 e. The van der Waals surface area contributed by atoms with Crippen LogP contribution in [0, 0.1) is 0 Å². The monoisotopic (exact) mass is 832 g/mol. The maximum atomic E-state index is 12.4. The van der Waals surface area contributed by atoms with E-state index in [0.29, 0.717) is 19.4 Å². The Morgan fingerprint density at radius 3 is 1.20 bits per heavy atom. The van der Waals surface area contributed by atoms with Crippen LogP contribution in [0.1, 0.15) is 277 Å². The average Bonchev–Trinajstić information content (AvgIpc) is 3.24. The highest BCUT2D eigenvalue weighted by molar-refractivity contribution is 5.76. The maximum Gasteiger partial charge on any atom is 0.305 e. The average molecular weight is 832 g/mol. The van der Waals surface area contributed by atoms with Gasteiger partial charge >= 0.3 is 5.97 Å². The number of rotatable bonds is 48. The Labute approximate surface area is 367 Å². The molecular weight excluding hydrogens is 731 g/mol. The summed E-state index contributed by atoms with van der Waals surface area (Å²) < 4.78 is 5.47. The van der Waals surface area contributed by atoms with Crippen molar-refractivity contribution in [3.05, 3.63) is 24.3 Å². The lowest BCUT2D eigenvalue weighted by molar-refractivity contribution is -0.143. The van der Waals surface area contributed by atoms with Gasteiger partial charge in [0.25, 0.3) is 0 Å². The van der Waals surface area contributed by atoms with Crippen LogP contribution in [0.25, 0.3) is 0 Å². The molecule has 0 aromatic rings. The van der Waals surface area contributed by atoms with Crippen molar-refractivity contribution >= 4 is 11.9 Å². The maximum absolute atomic E-state index is 12.4. The molecule has 6 nitrogen and oxygen atoms in total. The molecule has 2 atom stereocenters. The Bertz CT molecular complexity index is 920. The van der Waals surface area contributed by atoms with Gasteiger partial charge in [0, 0.05) is 12.8 Å². The van der Waals surface area contributed by atoms with Crippen LogP contribution in [-0.4, -0.2) is 47.4 Å². The predicted octanol–water partition coefficient (Wildman–Crippen LogP) is 15.5. The minimum atomic E-state index is -0.853. The number of aliphatic hydroxyl groups excluding tert-OH is 2. The summed E-state index contributed by atoms with van der Waals surface area (Å²) in [5.41, 5.74) is 0.